The van der Waals surface area contributed by atoms with Crippen LogP contribution in [0.4, 0.5) is 10.5 Å². The first-order chi connectivity index (χ1) is 15.4. The minimum Gasteiger partial charge on any atom is -0.465 e. The van der Waals surface area contributed by atoms with E-state index >= 15 is 0 Å². The summed E-state index contributed by atoms with van der Waals surface area (Å²) in [7, 11) is 1.34. The molecule has 7 nitrogen and oxygen atoms in total. The summed E-state index contributed by atoms with van der Waals surface area (Å²) in [6.45, 7) is 2.06. The van der Waals surface area contributed by atoms with E-state index in [0.717, 1.165) is 34.7 Å². The summed E-state index contributed by atoms with van der Waals surface area (Å²) in [6.07, 6.45) is 1.53. The van der Waals surface area contributed by atoms with Crippen LogP contribution in [0, 0.1) is 0 Å². The minimum atomic E-state index is -1.19. The van der Waals surface area contributed by atoms with E-state index in [4.69, 9.17) is 5.11 Å². The van der Waals surface area contributed by atoms with Gasteiger partial charge in [-0.05, 0) is 43.9 Å². The Balaban J connectivity index is 1.69. The van der Waals surface area contributed by atoms with Crippen LogP contribution < -0.4 is 10.2 Å². The van der Waals surface area contributed by atoms with Crippen LogP contribution >= 0.6 is 11.8 Å². The number of hydrogen-bond acceptors (Lipinski definition) is 4. The van der Waals surface area contributed by atoms with E-state index in [-0.39, 0.29) is 5.91 Å². The number of unbranched alkanes of at least 4 members (excludes halogenated alkanes) is 1. The highest BCUT2D eigenvalue weighted by atomic mass is 32.2. The van der Waals surface area contributed by atoms with E-state index in [9.17, 15) is 14.4 Å². The number of anilines is 1. The topological polar surface area (TPSA) is 90.0 Å². The third-order valence-electron chi connectivity index (χ3n) is 5.64. The number of amides is 3. The lowest BCUT2D eigenvalue weighted by atomic mass is 10.1. The van der Waals surface area contributed by atoms with Gasteiger partial charge in [0.15, 0.2) is 0 Å². The molecule has 0 aromatic heterocycles. The van der Waals surface area contributed by atoms with Crippen molar-refractivity contribution in [1.82, 2.24) is 10.2 Å². The monoisotopic (exact) mass is 455 g/mol. The molecule has 32 heavy (non-hydrogen) atoms. The Kier molecular flexibility index (Phi) is 8.16. The van der Waals surface area contributed by atoms with Crippen molar-refractivity contribution < 1.29 is 19.5 Å². The van der Waals surface area contributed by atoms with Gasteiger partial charge in [0.05, 0.1) is 5.69 Å². The average Bonchev–Trinajstić information content (AvgIpc) is 2.93. The molecule has 0 bridgehead atoms. The molecule has 2 unspecified atom stereocenters. The molecule has 0 aliphatic carbocycles. The fraction of sp³-hybridized carbons (Fsp3) is 0.375. The third-order valence-corrected chi connectivity index (χ3v) is 6.80. The highest BCUT2D eigenvalue weighted by Crippen LogP contribution is 2.34. The molecule has 0 radical (unpaired) electrons. The van der Waals surface area contributed by atoms with Crippen LogP contribution in [0.5, 0.6) is 0 Å². The Morgan fingerprint density at radius 1 is 1.16 bits per heavy atom. The van der Waals surface area contributed by atoms with E-state index in [1.165, 1.54) is 31.3 Å². The predicted octanol–water partition coefficient (Wildman–Crippen LogP) is 3.63. The number of likely N-dealkylation sites (N-methyl/N-ethyl adjacent to an activating group) is 1. The zero-order valence-corrected chi connectivity index (χ0v) is 19.2. The Morgan fingerprint density at radius 2 is 1.84 bits per heavy atom. The highest BCUT2D eigenvalue weighted by Gasteiger charge is 2.33. The summed E-state index contributed by atoms with van der Waals surface area (Å²) < 4.78 is 0. The molecule has 1 aliphatic rings. The molecule has 1 aliphatic heterocycles. The van der Waals surface area contributed by atoms with Crippen LogP contribution in [0.1, 0.15) is 25.3 Å². The summed E-state index contributed by atoms with van der Waals surface area (Å²) in [5.74, 6) is -0.254. The number of para-hydroxylation sites is 1. The number of thioether (sulfide) groups is 1. The Labute approximate surface area is 192 Å². The number of benzene rings is 2. The largest absolute Gasteiger partial charge is 0.465 e. The number of carbonyl (C=O) groups is 3. The Morgan fingerprint density at radius 3 is 2.56 bits per heavy atom. The van der Waals surface area contributed by atoms with Crippen molar-refractivity contribution in [3.05, 3.63) is 60.2 Å². The van der Waals surface area contributed by atoms with Crippen LogP contribution in [-0.2, 0) is 16.0 Å². The van der Waals surface area contributed by atoms with Crippen molar-refractivity contribution in [2.75, 3.05) is 24.2 Å². The van der Waals surface area contributed by atoms with Crippen LogP contribution in [-0.4, -0.2) is 59.3 Å². The number of fused-ring (bicyclic) bond motifs is 1. The van der Waals surface area contributed by atoms with Gasteiger partial charge in [-0.25, -0.2) is 4.79 Å². The van der Waals surface area contributed by atoms with Gasteiger partial charge in [0.1, 0.15) is 12.1 Å². The number of aryl methyl sites for hydroxylation is 1. The zero-order chi connectivity index (χ0) is 23.1. The van der Waals surface area contributed by atoms with E-state index in [1.807, 2.05) is 42.5 Å². The van der Waals surface area contributed by atoms with Crippen LogP contribution in [0.3, 0.4) is 0 Å². The SMILES string of the molecule is CC(C(=O)NC1CSc2ccccc2N(CCCCc2ccccc2)C1=O)N(C)C(=O)O. The number of rotatable bonds is 8. The van der Waals surface area contributed by atoms with Gasteiger partial charge in [0.2, 0.25) is 11.8 Å². The van der Waals surface area contributed by atoms with Gasteiger partial charge in [-0.15, -0.1) is 11.8 Å². The van der Waals surface area contributed by atoms with E-state index in [0.29, 0.717) is 12.3 Å². The summed E-state index contributed by atoms with van der Waals surface area (Å²) in [4.78, 5) is 40.9. The maximum absolute atomic E-state index is 13.4. The standard InChI is InChI=1S/C24H29N3O4S/c1-17(26(2)24(30)31)22(28)25-19-16-32-21-14-7-6-13-20(21)27(23(19)29)15-9-8-12-18-10-4-3-5-11-18/h3-7,10-11,13-14,17,19H,8-9,12,15-16H2,1-2H3,(H,25,28)(H,30,31). The first kappa shape index (κ1) is 23.7. The quantitative estimate of drug-likeness (QED) is 0.594. The molecule has 8 heteroatoms. The van der Waals surface area contributed by atoms with Gasteiger partial charge in [-0.2, -0.15) is 0 Å². The number of nitrogens with zero attached hydrogens (tertiary/aromatic N) is 2. The third kappa shape index (κ3) is 5.82. The van der Waals surface area contributed by atoms with Gasteiger partial charge in [0, 0.05) is 24.2 Å². The van der Waals surface area contributed by atoms with Crippen molar-refractivity contribution in [2.45, 2.75) is 43.2 Å². The first-order valence-corrected chi connectivity index (χ1v) is 11.7. The van der Waals surface area contributed by atoms with Gasteiger partial charge in [-0.3, -0.25) is 14.5 Å². The second-order valence-electron chi connectivity index (χ2n) is 7.84. The van der Waals surface area contributed by atoms with Crippen LogP contribution in [0.2, 0.25) is 0 Å². The number of carboxylic acid groups (broad SMARTS) is 1. The fourth-order valence-corrected chi connectivity index (χ4v) is 4.64. The average molecular weight is 456 g/mol. The Hall–Kier alpha value is -3.00. The second kappa shape index (κ2) is 11.0. The van der Waals surface area contributed by atoms with Gasteiger partial charge < -0.3 is 15.3 Å². The van der Waals surface area contributed by atoms with Crippen molar-refractivity contribution in [3.8, 4) is 0 Å². The number of carbonyl (C=O) groups excluding carboxylic acids is 2. The van der Waals surface area contributed by atoms with Gasteiger partial charge >= 0.3 is 6.09 Å². The van der Waals surface area contributed by atoms with Crippen molar-refractivity contribution in [1.29, 1.82) is 0 Å². The molecule has 2 atom stereocenters. The molecule has 0 saturated carbocycles. The van der Waals surface area contributed by atoms with Crippen molar-refractivity contribution >= 4 is 35.4 Å². The number of nitrogens with one attached hydrogen (secondary N) is 1. The zero-order valence-electron chi connectivity index (χ0n) is 18.4. The smallest absolute Gasteiger partial charge is 0.407 e. The Bertz CT molecular complexity index is 953. The minimum absolute atomic E-state index is 0.166. The van der Waals surface area contributed by atoms with Gasteiger partial charge in [-0.1, -0.05) is 42.5 Å². The lowest BCUT2D eigenvalue weighted by Crippen LogP contribution is -2.54. The molecule has 3 rings (SSSR count). The summed E-state index contributed by atoms with van der Waals surface area (Å²) in [6, 6.07) is 16.4. The molecule has 0 spiro atoms. The summed E-state index contributed by atoms with van der Waals surface area (Å²) >= 11 is 1.52. The second-order valence-corrected chi connectivity index (χ2v) is 8.90. The van der Waals surface area contributed by atoms with Crippen LogP contribution in [0.15, 0.2) is 59.5 Å². The molecular weight excluding hydrogens is 426 g/mol. The first-order valence-electron chi connectivity index (χ1n) is 10.7. The predicted molar refractivity (Wildman–Crippen MR) is 126 cm³/mol. The summed E-state index contributed by atoms with van der Waals surface area (Å²) in [5.41, 5.74) is 2.13. The van der Waals surface area contributed by atoms with Crippen molar-refractivity contribution in [2.24, 2.45) is 0 Å². The lowest BCUT2D eigenvalue weighted by molar-refractivity contribution is -0.129. The molecule has 2 aromatic rings. The number of hydrogen-bond donors (Lipinski definition) is 2. The lowest BCUT2D eigenvalue weighted by Gasteiger charge is -2.27. The molecule has 0 saturated heterocycles. The highest BCUT2D eigenvalue weighted by molar-refractivity contribution is 7.99. The summed E-state index contributed by atoms with van der Waals surface area (Å²) in [5, 5.41) is 11.9. The molecule has 170 valence electrons. The molecule has 2 aromatic carbocycles. The molecular formula is C24H29N3O4S. The van der Waals surface area contributed by atoms with E-state index in [2.05, 4.69) is 17.4 Å². The maximum Gasteiger partial charge on any atom is 0.407 e. The van der Waals surface area contributed by atoms with E-state index in [1.54, 1.807) is 4.90 Å². The molecule has 1 heterocycles. The van der Waals surface area contributed by atoms with Crippen LogP contribution in [0.25, 0.3) is 0 Å². The van der Waals surface area contributed by atoms with Gasteiger partial charge in [0.25, 0.3) is 0 Å². The maximum atomic E-state index is 13.4. The molecule has 3 amide bonds. The molecule has 0 fully saturated rings. The van der Waals surface area contributed by atoms with E-state index < -0.39 is 24.1 Å². The normalized spacial score (nSPS) is 16.6. The fourth-order valence-electron chi connectivity index (χ4n) is 3.57. The van der Waals surface area contributed by atoms with Crippen molar-refractivity contribution in [3.63, 3.8) is 0 Å². The molecule has 2 N–H and O–H groups in total.